The molecule has 4 aromatic rings. The summed E-state index contributed by atoms with van der Waals surface area (Å²) in [6.45, 7) is 0.393. The first kappa shape index (κ1) is 23.7. The smallest absolute Gasteiger partial charge is 0.233 e. The van der Waals surface area contributed by atoms with Crippen LogP contribution in [0.4, 0.5) is 5.88 Å². The zero-order valence-corrected chi connectivity index (χ0v) is 20.2. The largest absolute Gasteiger partial charge is 0.493 e. The minimum absolute atomic E-state index is 0.0549. The maximum absolute atomic E-state index is 13.3. The van der Waals surface area contributed by atoms with Crippen LogP contribution in [0, 0.1) is 0 Å². The topological polar surface area (TPSA) is 90.7 Å². The van der Waals surface area contributed by atoms with Crippen LogP contribution in [0.5, 0.6) is 11.5 Å². The number of hydrogen-bond acceptors (Lipinski definition) is 7. The number of sulfone groups is 1. The van der Waals surface area contributed by atoms with Crippen LogP contribution >= 0.6 is 11.6 Å². The van der Waals surface area contributed by atoms with Gasteiger partial charge in [0.2, 0.25) is 26.6 Å². The van der Waals surface area contributed by atoms with E-state index in [2.05, 4.69) is 10.3 Å². The van der Waals surface area contributed by atoms with Gasteiger partial charge in [-0.3, -0.25) is 0 Å². The van der Waals surface area contributed by atoms with Crippen LogP contribution < -0.4 is 14.8 Å². The van der Waals surface area contributed by atoms with Gasteiger partial charge in [0.05, 0.1) is 29.7 Å². The van der Waals surface area contributed by atoms with Crippen LogP contribution in [0.15, 0.2) is 87.1 Å². The summed E-state index contributed by atoms with van der Waals surface area (Å²) in [7, 11) is -0.779. The highest BCUT2D eigenvalue weighted by Gasteiger charge is 2.28. The SMILES string of the molecule is COc1ccc(CCNc2oc(-c3ccccc3Cl)nc2S(=O)(=O)c2ccccc2)cc1OC. The number of benzene rings is 3. The molecule has 0 unspecified atom stereocenters. The number of rotatable bonds is 9. The van der Waals surface area contributed by atoms with Gasteiger partial charge in [-0.2, -0.15) is 4.98 Å². The second kappa shape index (κ2) is 10.2. The quantitative estimate of drug-likeness (QED) is 0.326. The average molecular weight is 499 g/mol. The predicted octanol–water partition coefficient (Wildman–Crippen LogP) is 5.50. The molecule has 0 fully saturated rings. The van der Waals surface area contributed by atoms with Crippen molar-refractivity contribution in [2.24, 2.45) is 0 Å². The monoisotopic (exact) mass is 498 g/mol. The predicted molar refractivity (Wildman–Crippen MR) is 131 cm³/mol. The fraction of sp³-hybridized carbons (Fsp3) is 0.160. The van der Waals surface area contributed by atoms with Crippen molar-refractivity contribution in [2.45, 2.75) is 16.3 Å². The van der Waals surface area contributed by atoms with Gasteiger partial charge in [-0.15, -0.1) is 0 Å². The summed E-state index contributed by atoms with van der Waals surface area (Å²) in [5.41, 5.74) is 1.48. The number of oxazole rings is 1. The fourth-order valence-corrected chi connectivity index (χ4v) is 4.93. The van der Waals surface area contributed by atoms with Crippen LogP contribution in [0.3, 0.4) is 0 Å². The maximum atomic E-state index is 13.3. The first-order valence-electron chi connectivity index (χ1n) is 10.4. The van der Waals surface area contributed by atoms with Gasteiger partial charge >= 0.3 is 0 Å². The van der Waals surface area contributed by atoms with E-state index in [9.17, 15) is 8.42 Å². The third-order valence-corrected chi connectivity index (χ3v) is 7.16. The second-order valence-corrected chi connectivity index (χ2v) is 9.59. The van der Waals surface area contributed by atoms with Gasteiger partial charge in [0.25, 0.3) is 0 Å². The zero-order valence-electron chi connectivity index (χ0n) is 18.6. The van der Waals surface area contributed by atoms with Crippen molar-refractivity contribution in [3.05, 3.63) is 83.4 Å². The van der Waals surface area contributed by atoms with Gasteiger partial charge in [0.1, 0.15) is 0 Å². The Morgan fingerprint density at radius 3 is 2.35 bits per heavy atom. The van der Waals surface area contributed by atoms with Crippen molar-refractivity contribution in [2.75, 3.05) is 26.1 Å². The van der Waals surface area contributed by atoms with Crippen LogP contribution in [0.1, 0.15) is 5.56 Å². The van der Waals surface area contributed by atoms with Gasteiger partial charge in [-0.25, -0.2) is 8.42 Å². The molecule has 0 aliphatic heterocycles. The lowest BCUT2D eigenvalue weighted by molar-refractivity contribution is 0.354. The number of anilines is 1. The molecule has 0 spiro atoms. The number of ether oxygens (including phenoxy) is 2. The van der Waals surface area contributed by atoms with Crippen molar-refractivity contribution >= 4 is 27.3 Å². The molecule has 0 saturated carbocycles. The molecule has 3 aromatic carbocycles. The van der Waals surface area contributed by atoms with Crippen LogP contribution in [-0.4, -0.2) is 34.2 Å². The normalized spacial score (nSPS) is 11.3. The van der Waals surface area contributed by atoms with E-state index in [1.54, 1.807) is 56.7 Å². The second-order valence-electron chi connectivity index (χ2n) is 7.32. The summed E-state index contributed by atoms with van der Waals surface area (Å²) in [6, 6.07) is 20.7. The molecule has 0 saturated heterocycles. The number of methoxy groups -OCH3 is 2. The van der Waals surface area contributed by atoms with Gasteiger partial charge in [-0.05, 0) is 48.4 Å². The first-order chi connectivity index (χ1) is 16.4. The molecule has 1 aromatic heterocycles. The molecule has 9 heteroatoms. The summed E-state index contributed by atoms with van der Waals surface area (Å²) in [5.74, 6) is 1.43. The molecule has 0 amide bonds. The molecule has 1 heterocycles. The van der Waals surface area contributed by atoms with E-state index in [1.807, 2.05) is 18.2 Å². The third-order valence-electron chi connectivity index (χ3n) is 5.16. The Kier molecular flexibility index (Phi) is 7.09. The molecule has 176 valence electrons. The Morgan fingerprint density at radius 1 is 0.941 bits per heavy atom. The standard InChI is InChI=1S/C25H23ClN2O5S/c1-31-21-13-12-17(16-22(21)32-2)14-15-27-24-25(34(29,30)18-8-4-3-5-9-18)28-23(33-24)19-10-6-7-11-20(19)26/h3-13,16,27H,14-15H2,1-2H3. The summed E-state index contributed by atoms with van der Waals surface area (Å²) in [5, 5.41) is 3.30. The highest BCUT2D eigenvalue weighted by atomic mass is 35.5. The van der Waals surface area contributed by atoms with Crippen LogP contribution in [0.2, 0.25) is 5.02 Å². The lowest BCUT2D eigenvalue weighted by Gasteiger charge is -2.10. The average Bonchev–Trinajstić information content (AvgIpc) is 3.29. The van der Waals surface area contributed by atoms with Gasteiger partial charge in [0, 0.05) is 6.54 Å². The Bertz CT molecular complexity index is 1390. The zero-order chi connectivity index (χ0) is 24.1. The van der Waals surface area contributed by atoms with Gasteiger partial charge < -0.3 is 19.2 Å². The number of aromatic nitrogens is 1. The number of nitrogens with one attached hydrogen (secondary N) is 1. The lowest BCUT2D eigenvalue weighted by Crippen LogP contribution is -2.10. The van der Waals surface area contributed by atoms with E-state index in [-0.39, 0.29) is 21.7 Å². The molecular weight excluding hydrogens is 476 g/mol. The van der Waals surface area contributed by atoms with E-state index in [0.717, 1.165) is 5.56 Å². The van der Waals surface area contributed by atoms with E-state index in [1.165, 1.54) is 12.1 Å². The molecule has 0 aliphatic rings. The van der Waals surface area contributed by atoms with Gasteiger partial charge in [-0.1, -0.05) is 48.0 Å². The molecule has 34 heavy (non-hydrogen) atoms. The molecular formula is C25H23ClN2O5S. The number of hydrogen-bond donors (Lipinski definition) is 1. The van der Waals surface area contributed by atoms with Crippen molar-refractivity contribution in [3.63, 3.8) is 0 Å². The van der Waals surface area contributed by atoms with Crippen LogP contribution in [-0.2, 0) is 16.3 Å². The summed E-state index contributed by atoms with van der Waals surface area (Å²) in [4.78, 5) is 4.45. The molecule has 4 rings (SSSR count). The van der Waals surface area contributed by atoms with Crippen LogP contribution in [0.25, 0.3) is 11.5 Å². The first-order valence-corrected chi connectivity index (χ1v) is 12.3. The Balaban J connectivity index is 1.65. The lowest BCUT2D eigenvalue weighted by atomic mass is 10.1. The van der Waals surface area contributed by atoms with E-state index < -0.39 is 9.84 Å². The molecule has 1 N–H and O–H groups in total. The Labute approximate surface area is 203 Å². The maximum Gasteiger partial charge on any atom is 0.233 e. The van der Waals surface area contributed by atoms with Gasteiger partial charge in [0.15, 0.2) is 11.5 Å². The van der Waals surface area contributed by atoms with E-state index >= 15 is 0 Å². The van der Waals surface area contributed by atoms with E-state index in [0.29, 0.717) is 35.1 Å². The minimum Gasteiger partial charge on any atom is -0.493 e. The van der Waals surface area contributed by atoms with Crippen molar-refractivity contribution in [1.82, 2.24) is 4.98 Å². The number of nitrogens with zero attached hydrogens (tertiary/aromatic N) is 1. The fourth-order valence-electron chi connectivity index (χ4n) is 3.42. The van der Waals surface area contributed by atoms with Crippen molar-refractivity contribution in [1.29, 1.82) is 0 Å². The summed E-state index contributed by atoms with van der Waals surface area (Å²) < 4.78 is 43.2. The van der Waals surface area contributed by atoms with E-state index in [4.69, 9.17) is 25.5 Å². The highest BCUT2D eigenvalue weighted by Crippen LogP contribution is 2.35. The minimum atomic E-state index is -3.93. The molecule has 0 aliphatic carbocycles. The molecule has 7 nitrogen and oxygen atoms in total. The number of halogens is 1. The molecule has 0 atom stereocenters. The highest BCUT2D eigenvalue weighted by molar-refractivity contribution is 7.91. The Hall–Kier alpha value is -3.49. The summed E-state index contributed by atoms with van der Waals surface area (Å²) in [6.07, 6.45) is 0.577. The van der Waals surface area contributed by atoms with Crippen molar-refractivity contribution in [3.8, 4) is 23.0 Å². The third kappa shape index (κ3) is 4.88. The molecule has 0 radical (unpaired) electrons. The summed E-state index contributed by atoms with van der Waals surface area (Å²) >= 11 is 6.30. The Morgan fingerprint density at radius 2 is 1.65 bits per heavy atom. The van der Waals surface area contributed by atoms with Crippen molar-refractivity contribution < 1.29 is 22.3 Å². The molecule has 0 bridgehead atoms.